The Labute approximate surface area is 87.4 Å². The van der Waals surface area contributed by atoms with Gasteiger partial charge in [-0.3, -0.25) is 0 Å². The van der Waals surface area contributed by atoms with Gasteiger partial charge in [0.25, 0.3) is 0 Å². The van der Waals surface area contributed by atoms with Crippen LogP contribution in [0.5, 0.6) is 5.75 Å². The fourth-order valence-corrected chi connectivity index (χ4v) is 1.41. The first kappa shape index (κ1) is 9.64. The van der Waals surface area contributed by atoms with E-state index in [-0.39, 0.29) is 5.75 Å². The second kappa shape index (κ2) is 3.34. The number of hydrogen-bond acceptors (Lipinski definition) is 4. The number of nitrogens with zero attached hydrogens (tertiary/aromatic N) is 4. The second-order valence-corrected chi connectivity index (χ2v) is 3.45. The van der Waals surface area contributed by atoms with Gasteiger partial charge in [0.2, 0.25) is 0 Å². The molecule has 0 aliphatic carbocycles. The number of rotatable bonds is 1. The molecule has 2 rings (SSSR count). The molecule has 0 aromatic carbocycles. The smallest absolute Gasteiger partial charge is 0.160 e. The Morgan fingerprint density at radius 3 is 2.47 bits per heavy atom. The largest absolute Gasteiger partial charge is 0.504 e. The highest BCUT2D eigenvalue weighted by Gasteiger charge is 2.11. The average Bonchev–Trinajstić information content (AvgIpc) is 2.46. The van der Waals surface area contributed by atoms with Crippen molar-refractivity contribution in [2.45, 2.75) is 20.8 Å². The topological polar surface area (TPSA) is 63.8 Å². The third-order valence-electron chi connectivity index (χ3n) is 2.26. The Balaban J connectivity index is 2.59. The highest BCUT2D eigenvalue weighted by molar-refractivity contribution is 5.36. The minimum Gasteiger partial charge on any atom is -0.504 e. The summed E-state index contributed by atoms with van der Waals surface area (Å²) in [6.07, 6.45) is 1.48. The Morgan fingerprint density at radius 1 is 1.20 bits per heavy atom. The zero-order valence-corrected chi connectivity index (χ0v) is 8.89. The number of aryl methyl sites for hydroxylation is 2. The molecule has 5 nitrogen and oxygen atoms in total. The van der Waals surface area contributed by atoms with E-state index in [1.807, 2.05) is 13.0 Å². The lowest BCUT2D eigenvalue weighted by Crippen LogP contribution is -2.02. The van der Waals surface area contributed by atoms with Crippen LogP contribution in [0.3, 0.4) is 0 Å². The van der Waals surface area contributed by atoms with Gasteiger partial charge in [-0.1, -0.05) is 0 Å². The minimum atomic E-state index is 0.214. The fraction of sp³-hybridized carbons (Fsp3) is 0.300. The molecule has 0 spiro atoms. The maximum Gasteiger partial charge on any atom is 0.160 e. The highest BCUT2D eigenvalue weighted by Crippen LogP contribution is 2.22. The Kier molecular flexibility index (Phi) is 2.15. The molecule has 2 aromatic rings. The van der Waals surface area contributed by atoms with Crippen molar-refractivity contribution >= 4 is 0 Å². The van der Waals surface area contributed by atoms with Gasteiger partial charge in [0.15, 0.2) is 11.6 Å². The molecule has 2 aromatic heterocycles. The molecule has 0 fully saturated rings. The first-order valence-electron chi connectivity index (χ1n) is 4.64. The Hall–Kier alpha value is -1.91. The summed E-state index contributed by atoms with van der Waals surface area (Å²) in [6.45, 7) is 5.44. The van der Waals surface area contributed by atoms with E-state index in [4.69, 9.17) is 0 Å². The van der Waals surface area contributed by atoms with Crippen LogP contribution in [0.25, 0.3) is 5.82 Å². The molecule has 0 aliphatic heterocycles. The van der Waals surface area contributed by atoms with Gasteiger partial charge >= 0.3 is 0 Å². The van der Waals surface area contributed by atoms with Gasteiger partial charge in [0.1, 0.15) is 12.0 Å². The molecule has 0 amide bonds. The standard InChI is InChI=1S/C10H12N4O/c1-6-4-9(12-5-11-6)14-8(3)10(15)7(2)13-14/h4-5,15H,1-3H3. The van der Waals surface area contributed by atoms with Gasteiger partial charge in [-0.25, -0.2) is 14.6 Å². The predicted octanol–water partition coefficient (Wildman–Crippen LogP) is 1.29. The second-order valence-electron chi connectivity index (χ2n) is 3.45. The zero-order chi connectivity index (χ0) is 11.0. The molecule has 5 heteroatoms. The quantitative estimate of drug-likeness (QED) is 0.760. The van der Waals surface area contributed by atoms with Gasteiger partial charge in [-0.05, 0) is 20.8 Å². The van der Waals surface area contributed by atoms with Crippen molar-refractivity contribution in [3.63, 3.8) is 0 Å². The first-order valence-corrected chi connectivity index (χ1v) is 4.64. The molecule has 0 radical (unpaired) electrons. The third-order valence-corrected chi connectivity index (χ3v) is 2.26. The van der Waals surface area contributed by atoms with Crippen LogP contribution in [0.4, 0.5) is 0 Å². The molecule has 0 saturated carbocycles. The van der Waals surface area contributed by atoms with Gasteiger partial charge in [-0.15, -0.1) is 0 Å². The molecule has 78 valence electrons. The summed E-state index contributed by atoms with van der Waals surface area (Å²) in [5.41, 5.74) is 2.15. The average molecular weight is 204 g/mol. The van der Waals surface area contributed by atoms with Crippen molar-refractivity contribution in [1.29, 1.82) is 0 Å². The number of aromatic hydroxyl groups is 1. The number of aromatic nitrogens is 4. The van der Waals surface area contributed by atoms with Crippen LogP contribution in [0.1, 0.15) is 17.1 Å². The highest BCUT2D eigenvalue weighted by atomic mass is 16.3. The van der Waals surface area contributed by atoms with E-state index in [1.54, 1.807) is 18.5 Å². The summed E-state index contributed by atoms with van der Waals surface area (Å²) in [4.78, 5) is 8.11. The van der Waals surface area contributed by atoms with Crippen molar-refractivity contribution in [3.05, 3.63) is 29.5 Å². The van der Waals surface area contributed by atoms with E-state index < -0.39 is 0 Å². The molecular weight excluding hydrogens is 192 g/mol. The maximum atomic E-state index is 9.63. The van der Waals surface area contributed by atoms with E-state index in [0.717, 1.165) is 5.69 Å². The fourth-order valence-electron chi connectivity index (χ4n) is 1.41. The zero-order valence-electron chi connectivity index (χ0n) is 8.89. The minimum absolute atomic E-state index is 0.214. The molecule has 0 aliphatic rings. The van der Waals surface area contributed by atoms with Crippen LogP contribution >= 0.6 is 0 Å². The van der Waals surface area contributed by atoms with Gasteiger partial charge in [0, 0.05) is 11.8 Å². The van der Waals surface area contributed by atoms with Crippen molar-refractivity contribution in [3.8, 4) is 11.6 Å². The van der Waals surface area contributed by atoms with Gasteiger partial charge in [0.05, 0.1) is 5.69 Å². The van der Waals surface area contributed by atoms with Crippen LogP contribution in [0.2, 0.25) is 0 Å². The molecular formula is C10H12N4O. The molecule has 2 heterocycles. The van der Waals surface area contributed by atoms with Crippen molar-refractivity contribution in [2.75, 3.05) is 0 Å². The molecule has 0 saturated heterocycles. The molecule has 0 unspecified atom stereocenters. The number of hydrogen-bond donors (Lipinski definition) is 1. The Bertz CT molecular complexity index is 504. The maximum absolute atomic E-state index is 9.63. The van der Waals surface area contributed by atoms with Crippen LogP contribution in [-0.2, 0) is 0 Å². The summed E-state index contributed by atoms with van der Waals surface area (Å²) < 4.78 is 1.61. The predicted molar refractivity (Wildman–Crippen MR) is 55.0 cm³/mol. The lowest BCUT2D eigenvalue weighted by atomic mass is 10.3. The lowest BCUT2D eigenvalue weighted by Gasteiger charge is -2.02. The third kappa shape index (κ3) is 1.56. The SMILES string of the molecule is Cc1cc(-n2nc(C)c(O)c2C)ncn1. The van der Waals surface area contributed by atoms with Crippen LogP contribution in [0.15, 0.2) is 12.4 Å². The Morgan fingerprint density at radius 2 is 1.93 bits per heavy atom. The summed E-state index contributed by atoms with van der Waals surface area (Å²) in [5, 5.41) is 13.8. The van der Waals surface area contributed by atoms with Crippen LogP contribution in [0, 0.1) is 20.8 Å². The lowest BCUT2D eigenvalue weighted by molar-refractivity contribution is 0.466. The van der Waals surface area contributed by atoms with Crippen LogP contribution < -0.4 is 0 Å². The van der Waals surface area contributed by atoms with E-state index in [2.05, 4.69) is 15.1 Å². The van der Waals surface area contributed by atoms with E-state index in [0.29, 0.717) is 17.2 Å². The monoisotopic (exact) mass is 204 g/mol. The van der Waals surface area contributed by atoms with E-state index >= 15 is 0 Å². The summed E-state index contributed by atoms with van der Waals surface area (Å²) in [5.74, 6) is 0.884. The van der Waals surface area contributed by atoms with Crippen molar-refractivity contribution in [1.82, 2.24) is 19.7 Å². The molecule has 1 N–H and O–H groups in total. The summed E-state index contributed by atoms with van der Waals surface area (Å²) in [7, 11) is 0. The molecule has 15 heavy (non-hydrogen) atoms. The summed E-state index contributed by atoms with van der Waals surface area (Å²) in [6, 6.07) is 1.82. The van der Waals surface area contributed by atoms with Gasteiger partial charge in [-0.2, -0.15) is 5.10 Å². The van der Waals surface area contributed by atoms with E-state index in [1.165, 1.54) is 6.33 Å². The molecule has 0 bridgehead atoms. The van der Waals surface area contributed by atoms with Crippen molar-refractivity contribution < 1.29 is 5.11 Å². The summed E-state index contributed by atoms with van der Waals surface area (Å²) >= 11 is 0. The van der Waals surface area contributed by atoms with Crippen LogP contribution in [-0.4, -0.2) is 24.9 Å². The first-order chi connectivity index (χ1) is 7.09. The molecule has 0 atom stereocenters. The van der Waals surface area contributed by atoms with Gasteiger partial charge < -0.3 is 5.11 Å². The normalized spacial score (nSPS) is 10.6. The van der Waals surface area contributed by atoms with Crippen molar-refractivity contribution in [2.24, 2.45) is 0 Å². The van der Waals surface area contributed by atoms with E-state index in [9.17, 15) is 5.11 Å².